The summed E-state index contributed by atoms with van der Waals surface area (Å²) in [5, 5.41) is 3.50. The second-order valence-corrected chi connectivity index (χ2v) is 4.95. The Kier molecular flexibility index (Phi) is 3.59. The molecule has 0 saturated heterocycles. The van der Waals surface area contributed by atoms with Gasteiger partial charge in [-0.1, -0.05) is 20.4 Å². The van der Waals surface area contributed by atoms with E-state index in [1.807, 2.05) is 0 Å². The van der Waals surface area contributed by atoms with Crippen LogP contribution in [-0.4, -0.2) is 18.2 Å². The number of hydrogen-bond acceptors (Lipinski definition) is 2. The van der Waals surface area contributed by atoms with E-state index in [-0.39, 0.29) is 5.54 Å². The molecule has 0 aromatic carbocycles. The molecule has 1 N–H and O–H groups in total. The van der Waals surface area contributed by atoms with Crippen molar-refractivity contribution in [2.75, 3.05) is 6.61 Å². The van der Waals surface area contributed by atoms with Crippen LogP contribution in [0.25, 0.3) is 0 Å². The molecular weight excluding hydrogens is 174 g/mol. The normalized spacial score (nSPS) is 18.7. The van der Waals surface area contributed by atoms with Crippen molar-refractivity contribution in [3.8, 4) is 0 Å². The quantitative estimate of drug-likeness (QED) is 0.707. The van der Waals surface area contributed by atoms with Gasteiger partial charge in [-0.25, -0.2) is 0 Å². The van der Waals surface area contributed by atoms with Crippen molar-refractivity contribution >= 4 is 0 Å². The van der Waals surface area contributed by atoms with Gasteiger partial charge in [0.2, 0.25) is 0 Å². The van der Waals surface area contributed by atoms with Crippen LogP contribution in [0.3, 0.4) is 0 Å². The zero-order chi connectivity index (χ0) is 10.8. The van der Waals surface area contributed by atoms with Crippen LogP contribution in [0.2, 0.25) is 0 Å². The summed E-state index contributed by atoms with van der Waals surface area (Å²) in [6, 6.07) is 0. The van der Waals surface area contributed by atoms with Crippen molar-refractivity contribution in [2.24, 2.45) is 5.92 Å². The maximum absolute atomic E-state index is 5.65. The average molecular weight is 197 g/mol. The molecule has 1 fully saturated rings. The van der Waals surface area contributed by atoms with Gasteiger partial charge in [0.1, 0.15) is 0 Å². The predicted molar refractivity (Wildman–Crippen MR) is 60.2 cm³/mol. The van der Waals surface area contributed by atoms with Gasteiger partial charge in [-0.05, 0) is 32.6 Å². The maximum atomic E-state index is 5.65. The molecule has 82 valence electrons. The van der Waals surface area contributed by atoms with Crippen molar-refractivity contribution in [2.45, 2.75) is 52.2 Å². The molecule has 0 spiro atoms. The maximum Gasteiger partial charge on any atom is 0.0699 e. The molecule has 2 nitrogen and oxygen atoms in total. The lowest BCUT2D eigenvalue weighted by Crippen LogP contribution is -2.37. The molecule has 0 unspecified atom stereocenters. The summed E-state index contributed by atoms with van der Waals surface area (Å²) < 4.78 is 5.65. The van der Waals surface area contributed by atoms with Crippen molar-refractivity contribution in [3.05, 3.63) is 12.3 Å². The lowest BCUT2D eigenvalue weighted by molar-refractivity contribution is 0.0570. The first-order valence-electron chi connectivity index (χ1n) is 5.54. The number of ether oxygens (including phenoxy) is 1. The standard InChI is InChI=1S/C12H23NO/c1-9(2)11(5)13-12(6-7-12)8-14-10(3)4/h9-10,13H,5-8H2,1-4H3. The molecule has 1 rings (SSSR count). The number of hydrogen-bond donors (Lipinski definition) is 1. The van der Waals surface area contributed by atoms with Crippen LogP contribution < -0.4 is 5.32 Å². The zero-order valence-electron chi connectivity index (χ0n) is 9.89. The minimum Gasteiger partial charge on any atom is -0.381 e. The molecule has 1 aliphatic carbocycles. The first kappa shape index (κ1) is 11.6. The Bertz CT molecular complexity index is 204. The highest BCUT2D eigenvalue weighted by atomic mass is 16.5. The highest BCUT2D eigenvalue weighted by molar-refractivity contribution is 5.11. The largest absolute Gasteiger partial charge is 0.381 e. The Hall–Kier alpha value is -0.500. The fourth-order valence-electron chi connectivity index (χ4n) is 1.27. The van der Waals surface area contributed by atoms with E-state index in [0.29, 0.717) is 12.0 Å². The summed E-state index contributed by atoms with van der Waals surface area (Å²) >= 11 is 0. The summed E-state index contributed by atoms with van der Waals surface area (Å²) in [6.45, 7) is 13.3. The summed E-state index contributed by atoms with van der Waals surface area (Å²) in [5.41, 5.74) is 1.35. The van der Waals surface area contributed by atoms with Crippen molar-refractivity contribution in [1.29, 1.82) is 0 Å². The topological polar surface area (TPSA) is 21.3 Å². The molecule has 1 saturated carbocycles. The molecule has 1 aliphatic rings. The van der Waals surface area contributed by atoms with E-state index in [9.17, 15) is 0 Å². The van der Waals surface area contributed by atoms with Crippen LogP contribution >= 0.6 is 0 Å². The van der Waals surface area contributed by atoms with Crippen molar-refractivity contribution < 1.29 is 4.74 Å². The highest BCUT2D eigenvalue weighted by Gasteiger charge is 2.43. The van der Waals surface area contributed by atoms with E-state index in [4.69, 9.17) is 4.74 Å². The molecule has 0 bridgehead atoms. The smallest absolute Gasteiger partial charge is 0.0699 e. The Morgan fingerprint density at radius 2 is 1.93 bits per heavy atom. The fourth-order valence-corrected chi connectivity index (χ4v) is 1.27. The summed E-state index contributed by atoms with van der Waals surface area (Å²) in [6.07, 6.45) is 2.75. The second kappa shape index (κ2) is 4.35. The monoisotopic (exact) mass is 197 g/mol. The van der Waals surface area contributed by atoms with Crippen LogP contribution in [0.5, 0.6) is 0 Å². The van der Waals surface area contributed by atoms with Gasteiger partial charge in [0.25, 0.3) is 0 Å². The Labute approximate surface area is 87.7 Å². The van der Waals surface area contributed by atoms with E-state index in [1.54, 1.807) is 0 Å². The molecule has 0 atom stereocenters. The van der Waals surface area contributed by atoms with E-state index in [2.05, 4.69) is 39.6 Å². The number of nitrogens with one attached hydrogen (secondary N) is 1. The van der Waals surface area contributed by atoms with Crippen LogP contribution in [0.1, 0.15) is 40.5 Å². The average Bonchev–Trinajstić information content (AvgIpc) is 2.82. The van der Waals surface area contributed by atoms with E-state index < -0.39 is 0 Å². The number of rotatable bonds is 6. The summed E-state index contributed by atoms with van der Waals surface area (Å²) in [7, 11) is 0. The molecule has 0 heterocycles. The number of allylic oxidation sites excluding steroid dienone is 1. The zero-order valence-corrected chi connectivity index (χ0v) is 9.89. The Balaban J connectivity index is 2.32. The molecule has 0 aromatic rings. The lowest BCUT2D eigenvalue weighted by atomic mass is 10.1. The second-order valence-electron chi connectivity index (χ2n) is 4.95. The minimum atomic E-state index is 0.214. The molecule has 0 radical (unpaired) electrons. The van der Waals surface area contributed by atoms with E-state index >= 15 is 0 Å². The minimum absolute atomic E-state index is 0.214. The van der Waals surface area contributed by atoms with E-state index in [1.165, 1.54) is 12.8 Å². The SMILES string of the molecule is C=C(NC1(COC(C)C)CC1)C(C)C. The van der Waals surface area contributed by atoms with Gasteiger partial charge in [0.05, 0.1) is 18.2 Å². The van der Waals surface area contributed by atoms with Crippen LogP contribution in [0.4, 0.5) is 0 Å². The summed E-state index contributed by atoms with van der Waals surface area (Å²) in [4.78, 5) is 0. The molecule has 2 heteroatoms. The van der Waals surface area contributed by atoms with Gasteiger partial charge < -0.3 is 10.1 Å². The molecule has 0 aromatic heterocycles. The fraction of sp³-hybridized carbons (Fsp3) is 0.833. The Morgan fingerprint density at radius 1 is 1.36 bits per heavy atom. The lowest BCUT2D eigenvalue weighted by Gasteiger charge is -2.23. The van der Waals surface area contributed by atoms with Crippen molar-refractivity contribution in [3.63, 3.8) is 0 Å². The van der Waals surface area contributed by atoms with Crippen molar-refractivity contribution in [1.82, 2.24) is 5.32 Å². The predicted octanol–water partition coefficient (Wildman–Crippen LogP) is 2.70. The van der Waals surface area contributed by atoms with Gasteiger partial charge in [-0.15, -0.1) is 0 Å². The van der Waals surface area contributed by atoms with E-state index in [0.717, 1.165) is 12.3 Å². The molecule has 14 heavy (non-hydrogen) atoms. The van der Waals surface area contributed by atoms with Crippen LogP contribution in [0, 0.1) is 5.92 Å². The third kappa shape index (κ3) is 3.33. The third-order valence-electron chi connectivity index (χ3n) is 2.67. The highest BCUT2D eigenvalue weighted by Crippen LogP contribution is 2.37. The summed E-state index contributed by atoms with van der Waals surface area (Å²) in [5.74, 6) is 0.506. The van der Waals surface area contributed by atoms with Crippen LogP contribution in [0.15, 0.2) is 12.3 Å². The van der Waals surface area contributed by atoms with Crippen LogP contribution in [-0.2, 0) is 4.74 Å². The van der Waals surface area contributed by atoms with Gasteiger partial charge in [0, 0.05) is 5.70 Å². The molecule has 0 aliphatic heterocycles. The van der Waals surface area contributed by atoms with Gasteiger partial charge in [-0.3, -0.25) is 0 Å². The van der Waals surface area contributed by atoms with Gasteiger partial charge >= 0.3 is 0 Å². The molecular formula is C12H23NO. The Morgan fingerprint density at radius 3 is 2.29 bits per heavy atom. The van der Waals surface area contributed by atoms with Gasteiger partial charge in [-0.2, -0.15) is 0 Å². The first-order chi connectivity index (χ1) is 6.45. The third-order valence-corrected chi connectivity index (χ3v) is 2.67. The van der Waals surface area contributed by atoms with Gasteiger partial charge in [0.15, 0.2) is 0 Å². The first-order valence-corrected chi connectivity index (χ1v) is 5.54. The molecule has 0 amide bonds.